The maximum atomic E-state index is 5.60. The minimum absolute atomic E-state index is 0.377. The Hall–Kier alpha value is -0.810. The summed E-state index contributed by atoms with van der Waals surface area (Å²) < 4.78 is 7.72. The topological polar surface area (TPSA) is 43.9 Å². The van der Waals surface area contributed by atoms with Crippen molar-refractivity contribution in [2.75, 3.05) is 0 Å². The molecule has 0 radical (unpaired) electrons. The van der Waals surface area contributed by atoms with Gasteiger partial charge in [-0.2, -0.15) is 0 Å². The third-order valence-corrected chi connectivity index (χ3v) is 2.37. The van der Waals surface area contributed by atoms with Gasteiger partial charge in [-0.3, -0.25) is 0 Å². The SMILES string of the molecule is ClCc1cn(Cc2ccc(Br)o2)nn1. The highest BCUT2D eigenvalue weighted by molar-refractivity contribution is 9.10. The average Bonchev–Trinajstić information content (AvgIpc) is 2.76. The van der Waals surface area contributed by atoms with Crippen molar-refractivity contribution in [1.82, 2.24) is 15.0 Å². The highest BCUT2D eigenvalue weighted by Crippen LogP contribution is 2.14. The smallest absolute Gasteiger partial charge is 0.169 e. The van der Waals surface area contributed by atoms with Crippen LogP contribution in [0.25, 0.3) is 0 Å². The fourth-order valence-corrected chi connectivity index (χ4v) is 1.54. The first-order chi connectivity index (χ1) is 6.78. The first kappa shape index (κ1) is 9.73. The van der Waals surface area contributed by atoms with Gasteiger partial charge in [-0.25, -0.2) is 4.68 Å². The van der Waals surface area contributed by atoms with Crippen LogP contribution in [0.2, 0.25) is 0 Å². The molecule has 0 N–H and O–H groups in total. The van der Waals surface area contributed by atoms with E-state index in [1.54, 1.807) is 10.9 Å². The summed E-state index contributed by atoms with van der Waals surface area (Å²) >= 11 is 8.83. The summed E-state index contributed by atoms with van der Waals surface area (Å²) in [5, 5.41) is 7.76. The second kappa shape index (κ2) is 4.14. The number of hydrogen-bond donors (Lipinski definition) is 0. The van der Waals surface area contributed by atoms with Crippen molar-refractivity contribution in [3.63, 3.8) is 0 Å². The normalized spacial score (nSPS) is 10.7. The van der Waals surface area contributed by atoms with E-state index in [1.807, 2.05) is 12.1 Å². The van der Waals surface area contributed by atoms with Crippen LogP contribution in [0.15, 0.2) is 27.4 Å². The molecule has 6 heteroatoms. The molecule has 2 rings (SSSR count). The minimum Gasteiger partial charge on any atom is -0.452 e. The lowest BCUT2D eigenvalue weighted by Gasteiger charge is -1.94. The minimum atomic E-state index is 0.377. The Morgan fingerprint density at radius 1 is 1.50 bits per heavy atom. The van der Waals surface area contributed by atoms with Crippen LogP contribution in [0.3, 0.4) is 0 Å². The Bertz CT molecular complexity index is 426. The Balaban J connectivity index is 2.10. The molecule has 0 saturated carbocycles. The number of aromatic nitrogens is 3. The molecule has 0 bridgehead atoms. The molecule has 0 unspecified atom stereocenters. The Morgan fingerprint density at radius 3 is 2.93 bits per heavy atom. The second-order valence-corrected chi connectivity index (χ2v) is 3.80. The highest BCUT2D eigenvalue weighted by atomic mass is 79.9. The van der Waals surface area contributed by atoms with Gasteiger partial charge in [0.15, 0.2) is 4.67 Å². The zero-order chi connectivity index (χ0) is 9.97. The molecule has 14 heavy (non-hydrogen) atoms. The Kier molecular flexibility index (Phi) is 2.88. The molecule has 2 aromatic heterocycles. The number of hydrogen-bond acceptors (Lipinski definition) is 3. The molecule has 0 aliphatic rings. The first-order valence-electron chi connectivity index (χ1n) is 3.97. The number of alkyl halides is 1. The standard InChI is InChI=1S/C8H7BrClN3O/c9-8-2-1-7(14-8)5-13-4-6(3-10)11-12-13/h1-2,4H,3,5H2. The molecule has 0 saturated heterocycles. The lowest BCUT2D eigenvalue weighted by molar-refractivity contribution is 0.459. The van der Waals surface area contributed by atoms with E-state index in [9.17, 15) is 0 Å². The Morgan fingerprint density at radius 2 is 2.36 bits per heavy atom. The number of nitrogens with zero attached hydrogens (tertiary/aromatic N) is 3. The van der Waals surface area contributed by atoms with Crippen LogP contribution in [0.5, 0.6) is 0 Å². The lowest BCUT2D eigenvalue weighted by atomic mass is 10.4. The molecule has 0 atom stereocenters. The van der Waals surface area contributed by atoms with Crippen LogP contribution in [0, 0.1) is 0 Å². The summed E-state index contributed by atoms with van der Waals surface area (Å²) in [5.41, 5.74) is 0.761. The van der Waals surface area contributed by atoms with Crippen LogP contribution >= 0.6 is 27.5 Å². The zero-order valence-electron chi connectivity index (χ0n) is 7.15. The van der Waals surface area contributed by atoms with Gasteiger partial charge in [0, 0.05) is 0 Å². The summed E-state index contributed by atoms with van der Waals surface area (Å²) in [6.45, 7) is 0.565. The summed E-state index contributed by atoms with van der Waals surface area (Å²) in [7, 11) is 0. The van der Waals surface area contributed by atoms with Gasteiger partial charge in [-0.15, -0.1) is 16.7 Å². The van der Waals surface area contributed by atoms with Crippen molar-refractivity contribution in [3.8, 4) is 0 Å². The second-order valence-electron chi connectivity index (χ2n) is 2.75. The third-order valence-electron chi connectivity index (χ3n) is 1.67. The Labute approximate surface area is 94.0 Å². The molecule has 2 aromatic rings. The molecule has 0 fully saturated rings. The number of halogens is 2. The molecule has 0 aliphatic heterocycles. The van der Waals surface area contributed by atoms with Crippen molar-refractivity contribution in [2.45, 2.75) is 12.4 Å². The van der Waals surface area contributed by atoms with Crippen molar-refractivity contribution in [3.05, 3.63) is 34.5 Å². The molecule has 0 spiro atoms. The largest absolute Gasteiger partial charge is 0.452 e. The predicted octanol–water partition coefficient (Wildman–Crippen LogP) is 2.42. The summed E-state index contributed by atoms with van der Waals surface area (Å²) in [6, 6.07) is 3.72. The van der Waals surface area contributed by atoms with E-state index in [-0.39, 0.29) is 0 Å². The molecular weight excluding hydrogens is 269 g/mol. The van der Waals surface area contributed by atoms with Crippen LogP contribution in [-0.2, 0) is 12.4 Å². The van der Waals surface area contributed by atoms with Crippen molar-refractivity contribution < 1.29 is 4.42 Å². The maximum absolute atomic E-state index is 5.60. The first-order valence-corrected chi connectivity index (χ1v) is 5.30. The van der Waals surface area contributed by atoms with E-state index in [0.29, 0.717) is 17.1 Å². The molecule has 4 nitrogen and oxygen atoms in total. The van der Waals surface area contributed by atoms with E-state index in [2.05, 4.69) is 26.2 Å². The maximum Gasteiger partial charge on any atom is 0.169 e. The van der Waals surface area contributed by atoms with Gasteiger partial charge in [0.05, 0.1) is 17.8 Å². The monoisotopic (exact) mass is 275 g/mol. The molecule has 2 heterocycles. The summed E-state index contributed by atoms with van der Waals surface area (Å²) in [5.74, 6) is 1.20. The molecule has 0 amide bonds. The highest BCUT2D eigenvalue weighted by Gasteiger charge is 2.03. The predicted molar refractivity (Wildman–Crippen MR) is 55.1 cm³/mol. The van der Waals surface area contributed by atoms with Crippen LogP contribution in [0.4, 0.5) is 0 Å². The van der Waals surface area contributed by atoms with E-state index in [1.165, 1.54) is 0 Å². The van der Waals surface area contributed by atoms with E-state index < -0.39 is 0 Å². The van der Waals surface area contributed by atoms with E-state index in [4.69, 9.17) is 16.0 Å². The van der Waals surface area contributed by atoms with Crippen molar-refractivity contribution in [2.24, 2.45) is 0 Å². The van der Waals surface area contributed by atoms with Crippen LogP contribution < -0.4 is 0 Å². The molecule has 0 aliphatic carbocycles. The van der Waals surface area contributed by atoms with Gasteiger partial charge in [0.2, 0.25) is 0 Å². The average molecular weight is 277 g/mol. The van der Waals surface area contributed by atoms with Gasteiger partial charge in [-0.1, -0.05) is 5.21 Å². The van der Waals surface area contributed by atoms with E-state index >= 15 is 0 Å². The molecular formula is C8H7BrClN3O. The van der Waals surface area contributed by atoms with Crippen LogP contribution in [0.1, 0.15) is 11.5 Å². The lowest BCUT2D eigenvalue weighted by Crippen LogP contribution is -1.98. The fraction of sp³-hybridized carbons (Fsp3) is 0.250. The van der Waals surface area contributed by atoms with Gasteiger partial charge in [0.1, 0.15) is 12.3 Å². The van der Waals surface area contributed by atoms with Crippen molar-refractivity contribution in [1.29, 1.82) is 0 Å². The van der Waals surface area contributed by atoms with Gasteiger partial charge in [0.25, 0.3) is 0 Å². The van der Waals surface area contributed by atoms with Crippen molar-refractivity contribution >= 4 is 27.5 Å². The number of furan rings is 1. The third kappa shape index (κ3) is 2.16. The van der Waals surface area contributed by atoms with Gasteiger partial charge >= 0.3 is 0 Å². The van der Waals surface area contributed by atoms with Gasteiger partial charge < -0.3 is 4.42 Å². The summed E-state index contributed by atoms with van der Waals surface area (Å²) in [4.78, 5) is 0. The molecule has 74 valence electrons. The summed E-state index contributed by atoms with van der Waals surface area (Å²) in [6.07, 6.45) is 1.80. The zero-order valence-corrected chi connectivity index (χ0v) is 9.49. The van der Waals surface area contributed by atoms with E-state index in [0.717, 1.165) is 11.5 Å². The fourth-order valence-electron chi connectivity index (χ4n) is 1.07. The van der Waals surface area contributed by atoms with Gasteiger partial charge in [-0.05, 0) is 28.1 Å². The van der Waals surface area contributed by atoms with Crippen LogP contribution in [-0.4, -0.2) is 15.0 Å². The molecule has 0 aromatic carbocycles. The number of rotatable bonds is 3. The quantitative estimate of drug-likeness (QED) is 0.809.